The molecule has 0 aliphatic carbocycles. The number of pyridine rings is 1. The van der Waals surface area contributed by atoms with Gasteiger partial charge in [-0.25, -0.2) is 0 Å². The van der Waals surface area contributed by atoms with Crippen molar-refractivity contribution >= 4 is 11.6 Å². The molecular weight excluding hydrogens is 238 g/mol. The van der Waals surface area contributed by atoms with E-state index in [2.05, 4.69) is 4.98 Å². The molecule has 4 heteroatoms. The van der Waals surface area contributed by atoms with Crippen LogP contribution in [0.4, 0.5) is 0 Å². The summed E-state index contributed by atoms with van der Waals surface area (Å²) < 4.78 is 5.71. The Labute approximate surface area is 105 Å². The molecule has 3 nitrogen and oxygen atoms in total. The van der Waals surface area contributed by atoms with Gasteiger partial charge in [-0.05, 0) is 36.8 Å². The molecule has 17 heavy (non-hydrogen) atoms. The molecule has 0 fully saturated rings. The topological polar surface area (TPSA) is 42.4 Å². The van der Waals surface area contributed by atoms with Gasteiger partial charge in [0.25, 0.3) is 0 Å². The maximum atomic E-state index is 9.18. The lowest BCUT2D eigenvalue weighted by Gasteiger charge is -2.11. The first kappa shape index (κ1) is 11.9. The van der Waals surface area contributed by atoms with E-state index in [-0.39, 0.29) is 6.61 Å². The Morgan fingerprint density at radius 3 is 2.82 bits per heavy atom. The molecule has 0 radical (unpaired) electrons. The van der Waals surface area contributed by atoms with Crippen molar-refractivity contribution in [2.75, 3.05) is 0 Å². The standard InChI is InChI=1S/C13H12ClNO2/c1-9-6-11(14)2-3-12(9)17-13-7-15-5-4-10(13)8-16/h2-7,16H,8H2,1H3. The first-order valence-electron chi connectivity index (χ1n) is 5.18. The van der Waals surface area contributed by atoms with Crippen LogP contribution in [0.15, 0.2) is 36.7 Å². The Hall–Kier alpha value is -1.58. The Morgan fingerprint density at radius 2 is 2.12 bits per heavy atom. The van der Waals surface area contributed by atoms with Gasteiger partial charge in [-0.1, -0.05) is 11.6 Å². The van der Waals surface area contributed by atoms with Gasteiger partial charge in [-0.15, -0.1) is 0 Å². The summed E-state index contributed by atoms with van der Waals surface area (Å²) in [5, 5.41) is 9.85. The summed E-state index contributed by atoms with van der Waals surface area (Å²) in [5.74, 6) is 1.26. The minimum Gasteiger partial charge on any atom is -0.455 e. The van der Waals surface area contributed by atoms with Gasteiger partial charge in [-0.3, -0.25) is 4.98 Å². The van der Waals surface area contributed by atoms with Crippen LogP contribution < -0.4 is 4.74 Å². The van der Waals surface area contributed by atoms with Crippen LogP contribution in [0.3, 0.4) is 0 Å². The number of ether oxygens (including phenoxy) is 1. The lowest BCUT2D eigenvalue weighted by atomic mass is 10.2. The van der Waals surface area contributed by atoms with Gasteiger partial charge in [0.1, 0.15) is 5.75 Å². The number of hydrogen-bond donors (Lipinski definition) is 1. The Balaban J connectivity index is 2.31. The third-order valence-electron chi connectivity index (χ3n) is 2.40. The third kappa shape index (κ3) is 2.75. The van der Waals surface area contributed by atoms with E-state index in [0.717, 1.165) is 5.56 Å². The van der Waals surface area contributed by atoms with Crippen molar-refractivity contribution in [3.05, 3.63) is 52.8 Å². The predicted molar refractivity (Wildman–Crippen MR) is 66.4 cm³/mol. The number of aliphatic hydroxyl groups is 1. The molecule has 1 aromatic heterocycles. The first-order valence-corrected chi connectivity index (χ1v) is 5.56. The first-order chi connectivity index (χ1) is 8.20. The second kappa shape index (κ2) is 5.17. The number of aromatic nitrogens is 1. The Morgan fingerprint density at radius 1 is 1.29 bits per heavy atom. The summed E-state index contributed by atoms with van der Waals surface area (Å²) in [6.45, 7) is 1.83. The normalized spacial score (nSPS) is 10.3. The number of aryl methyl sites for hydroxylation is 1. The van der Waals surface area contributed by atoms with Gasteiger partial charge in [-0.2, -0.15) is 0 Å². The van der Waals surface area contributed by atoms with Crippen molar-refractivity contribution in [2.45, 2.75) is 13.5 Å². The largest absolute Gasteiger partial charge is 0.455 e. The molecule has 1 N–H and O–H groups in total. The van der Waals surface area contributed by atoms with Crippen molar-refractivity contribution in [3.63, 3.8) is 0 Å². The zero-order valence-electron chi connectivity index (χ0n) is 9.35. The van der Waals surface area contributed by atoms with Crippen LogP contribution in [0, 0.1) is 6.92 Å². The van der Waals surface area contributed by atoms with E-state index < -0.39 is 0 Å². The summed E-state index contributed by atoms with van der Waals surface area (Å²) in [5.41, 5.74) is 1.64. The molecule has 2 rings (SSSR count). The third-order valence-corrected chi connectivity index (χ3v) is 2.63. The second-order valence-corrected chi connectivity index (χ2v) is 4.09. The van der Waals surface area contributed by atoms with E-state index in [0.29, 0.717) is 22.1 Å². The molecule has 1 heterocycles. The number of hydrogen-bond acceptors (Lipinski definition) is 3. The van der Waals surface area contributed by atoms with E-state index in [1.807, 2.05) is 13.0 Å². The van der Waals surface area contributed by atoms with Crippen molar-refractivity contribution in [3.8, 4) is 11.5 Å². The van der Waals surface area contributed by atoms with Crippen LogP contribution in [0.1, 0.15) is 11.1 Å². The molecule has 88 valence electrons. The molecule has 0 spiro atoms. The minimum atomic E-state index is -0.0789. The van der Waals surface area contributed by atoms with Gasteiger partial charge in [0, 0.05) is 16.8 Å². The highest BCUT2D eigenvalue weighted by atomic mass is 35.5. The van der Waals surface area contributed by atoms with E-state index in [1.54, 1.807) is 30.6 Å². The van der Waals surface area contributed by atoms with Crippen molar-refractivity contribution < 1.29 is 9.84 Å². The molecule has 0 unspecified atom stereocenters. The fourth-order valence-electron chi connectivity index (χ4n) is 1.48. The fraction of sp³-hybridized carbons (Fsp3) is 0.154. The fourth-order valence-corrected chi connectivity index (χ4v) is 1.70. The molecule has 0 atom stereocenters. The van der Waals surface area contributed by atoms with Crippen LogP contribution in [0.5, 0.6) is 11.5 Å². The molecule has 1 aromatic carbocycles. The zero-order chi connectivity index (χ0) is 12.3. The number of nitrogens with zero attached hydrogens (tertiary/aromatic N) is 1. The molecular formula is C13H12ClNO2. The van der Waals surface area contributed by atoms with Gasteiger partial charge in [0.05, 0.1) is 12.8 Å². The lowest BCUT2D eigenvalue weighted by molar-refractivity contribution is 0.276. The van der Waals surface area contributed by atoms with Gasteiger partial charge in [0.15, 0.2) is 5.75 Å². The highest BCUT2D eigenvalue weighted by Crippen LogP contribution is 2.28. The molecule has 0 saturated heterocycles. The van der Waals surface area contributed by atoms with Crippen LogP contribution in [-0.4, -0.2) is 10.1 Å². The Bertz CT molecular complexity index is 529. The second-order valence-electron chi connectivity index (χ2n) is 3.65. The molecule has 0 amide bonds. The highest BCUT2D eigenvalue weighted by molar-refractivity contribution is 6.30. The molecule has 0 saturated carbocycles. The van der Waals surface area contributed by atoms with E-state index in [9.17, 15) is 5.11 Å². The number of rotatable bonds is 3. The predicted octanol–water partition coefficient (Wildman–Crippen LogP) is 3.33. The highest BCUT2D eigenvalue weighted by Gasteiger charge is 2.06. The summed E-state index contributed by atoms with van der Waals surface area (Å²) in [6.07, 6.45) is 3.20. The monoisotopic (exact) mass is 249 g/mol. The molecule has 0 aliphatic rings. The molecule has 0 aliphatic heterocycles. The van der Waals surface area contributed by atoms with E-state index in [1.165, 1.54) is 0 Å². The van der Waals surface area contributed by atoms with Crippen molar-refractivity contribution in [1.82, 2.24) is 4.98 Å². The smallest absolute Gasteiger partial charge is 0.151 e. The van der Waals surface area contributed by atoms with E-state index >= 15 is 0 Å². The van der Waals surface area contributed by atoms with Gasteiger partial charge >= 0.3 is 0 Å². The average molecular weight is 250 g/mol. The minimum absolute atomic E-state index is 0.0789. The van der Waals surface area contributed by atoms with Gasteiger partial charge < -0.3 is 9.84 Å². The summed E-state index contributed by atoms with van der Waals surface area (Å²) in [6, 6.07) is 7.11. The molecule has 0 bridgehead atoms. The van der Waals surface area contributed by atoms with Gasteiger partial charge in [0.2, 0.25) is 0 Å². The summed E-state index contributed by atoms with van der Waals surface area (Å²) in [4.78, 5) is 3.97. The van der Waals surface area contributed by atoms with Crippen LogP contribution in [0.2, 0.25) is 5.02 Å². The Kier molecular flexibility index (Phi) is 3.61. The van der Waals surface area contributed by atoms with E-state index in [4.69, 9.17) is 16.3 Å². The quantitative estimate of drug-likeness (QED) is 0.907. The van der Waals surface area contributed by atoms with Crippen molar-refractivity contribution in [1.29, 1.82) is 0 Å². The maximum Gasteiger partial charge on any atom is 0.151 e. The van der Waals surface area contributed by atoms with Crippen LogP contribution in [-0.2, 0) is 6.61 Å². The number of benzene rings is 1. The zero-order valence-corrected chi connectivity index (χ0v) is 10.1. The lowest BCUT2D eigenvalue weighted by Crippen LogP contribution is -1.93. The average Bonchev–Trinajstić information content (AvgIpc) is 2.33. The summed E-state index contributed by atoms with van der Waals surface area (Å²) >= 11 is 5.87. The maximum absolute atomic E-state index is 9.18. The molecule has 2 aromatic rings. The SMILES string of the molecule is Cc1cc(Cl)ccc1Oc1cnccc1CO. The number of halogens is 1. The van der Waals surface area contributed by atoms with Crippen LogP contribution in [0.25, 0.3) is 0 Å². The van der Waals surface area contributed by atoms with Crippen LogP contribution >= 0.6 is 11.6 Å². The number of aliphatic hydroxyl groups excluding tert-OH is 1. The summed E-state index contributed by atoms with van der Waals surface area (Å²) in [7, 11) is 0. The van der Waals surface area contributed by atoms with Crippen molar-refractivity contribution in [2.24, 2.45) is 0 Å².